The summed E-state index contributed by atoms with van der Waals surface area (Å²) < 4.78 is 11.1. The molecule has 426 valence electrons. The van der Waals surface area contributed by atoms with E-state index in [-0.39, 0.29) is 12.8 Å². The van der Waals surface area contributed by atoms with Crippen LogP contribution in [-0.4, -0.2) is 110 Å². The number of unbranched alkanes of at least 4 members (excludes halogenated alkanes) is 37. The average molecular weight is 1020 g/mol. The molecule has 1 aliphatic heterocycles. The quantitative estimate of drug-likeness (QED) is 0.0215. The minimum Gasteiger partial charge on any atom is -0.394 e. The van der Waals surface area contributed by atoms with E-state index in [2.05, 4.69) is 43.5 Å². The molecule has 1 rings (SSSR count). The van der Waals surface area contributed by atoms with Gasteiger partial charge in [0.05, 0.1) is 25.4 Å². The van der Waals surface area contributed by atoms with Crippen LogP contribution in [0.3, 0.4) is 0 Å². The minimum absolute atomic E-state index is 0.248. The Kier molecular flexibility index (Phi) is 48.0. The highest BCUT2D eigenvalue weighted by Crippen LogP contribution is 2.23. The minimum atomic E-state index is -1.67. The van der Waals surface area contributed by atoms with E-state index in [1.165, 1.54) is 205 Å². The molecule has 0 aromatic carbocycles. The number of rotatable bonds is 53. The zero-order chi connectivity index (χ0) is 52.5. The third kappa shape index (κ3) is 38.2. The summed E-state index contributed by atoms with van der Waals surface area (Å²) >= 11 is 0. The van der Waals surface area contributed by atoms with Crippen molar-refractivity contribution in [1.82, 2.24) is 5.32 Å². The number of allylic oxidation sites excluding steroid dienone is 4. The summed E-state index contributed by atoms with van der Waals surface area (Å²) in [4.78, 5) is 13.2. The molecule has 0 saturated carbocycles. The van der Waals surface area contributed by atoms with E-state index in [0.717, 1.165) is 38.5 Å². The van der Waals surface area contributed by atoms with Crippen molar-refractivity contribution in [3.8, 4) is 0 Å². The van der Waals surface area contributed by atoms with Gasteiger partial charge in [-0.2, -0.15) is 0 Å². The van der Waals surface area contributed by atoms with Crippen molar-refractivity contribution in [1.29, 1.82) is 0 Å². The molecule has 1 saturated heterocycles. The van der Waals surface area contributed by atoms with Crippen LogP contribution in [0.25, 0.3) is 0 Å². The Balaban J connectivity index is 2.24. The van der Waals surface area contributed by atoms with Gasteiger partial charge in [0.25, 0.3) is 0 Å². The number of carbonyl (C=O) groups excluding carboxylic acids is 1. The number of nitrogens with one attached hydrogen (secondary N) is 1. The highest BCUT2D eigenvalue weighted by atomic mass is 16.7. The van der Waals surface area contributed by atoms with Crippen molar-refractivity contribution in [2.45, 2.75) is 345 Å². The number of aliphatic hydroxyl groups excluding tert-OH is 7. The largest absolute Gasteiger partial charge is 0.394 e. The highest BCUT2D eigenvalue weighted by molar-refractivity contribution is 5.80. The molecule has 0 aromatic rings. The maximum absolute atomic E-state index is 13.2. The Bertz CT molecular complexity index is 1220. The average Bonchev–Trinajstić information content (AvgIpc) is 3.38. The van der Waals surface area contributed by atoms with Gasteiger partial charge in [0.15, 0.2) is 6.29 Å². The zero-order valence-electron chi connectivity index (χ0n) is 46.7. The Labute approximate surface area is 442 Å². The third-order valence-corrected chi connectivity index (χ3v) is 15.0. The molecule has 0 aliphatic carbocycles. The van der Waals surface area contributed by atoms with Crippen LogP contribution in [0.5, 0.6) is 0 Å². The van der Waals surface area contributed by atoms with Gasteiger partial charge in [-0.05, 0) is 51.4 Å². The molecule has 1 heterocycles. The first-order valence-electron chi connectivity index (χ1n) is 30.7. The van der Waals surface area contributed by atoms with Crippen LogP contribution in [0.15, 0.2) is 24.3 Å². The summed E-state index contributed by atoms with van der Waals surface area (Å²) in [6.07, 6.45) is 49.7. The van der Waals surface area contributed by atoms with E-state index in [1.807, 2.05) is 0 Å². The van der Waals surface area contributed by atoms with Gasteiger partial charge >= 0.3 is 0 Å². The maximum atomic E-state index is 13.2. The zero-order valence-corrected chi connectivity index (χ0v) is 46.7. The lowest BCUT2D eigenvalue weighted by Gasteiger charge is -2.40. The van der Waals surface area contributed by atoms with Gasteiger partial charge in [-0.3, -0.25) is 4.79 Å². The van der Waals surface area contributed by atoms with Crippen LogP contribution in [0.2, 0.25) is 0 Å². The van der Waals surface area contributed by atoms with Gasteiger partial charge in [-0.1, -0.05) is 263 Å². The standard InChI is InChI=1S/C61H117NO10/c1-3-5-7-9-11-13-15-17-19-21-22-23-24-25-26-27-28-29-30-31-32-33-35-37-39-41-43-45-47-49-54(65)60(70)62-52(51-71-61-59(69)58(68)57(67)55(50-63)72-61)56(66)53(64)48-46-44-42-40-38-36-34-20-18-16-14-12-10-8-6-4-2/h20,34,40,42,52-59,61,63-69H,3-19,21-33,35-39,41,43-51H2,1-2H3,(H,62,70)/b34-20+,42-40+. The van der Waals surface area contributed by atoms with Crippen molar-refractivity contribution < 1.29 is 50.0 Å². The molecule has 11 nitrogen and oxygen atoms in total. The molecule has 8 N–H and O–H groups in total. The molecular formula is C61H117NO10. The van der Waals surface area contributed by atoms with E-state index >= 15 is 0 Å². The first-order chi connectivity index (χ1) is 35.2. The second-order valence-corrected chi connectivity index (χ2v) is 21.8. The molecule has 1 fully saturated rings. The molecule has 1 aliphatic rings. The summed E-state index contributed by atoms with van der Waals surface area (Å²) in [7, 11) is 0. The first-order valence-corrected chi connectivity index (χ1v) is 30.7. The normalized spacial score (nSPS) is 20.2. The van der Waals surface area contributed by atoms with Crippen LogP contribution >= 0.6 is 0 Å². The Hall–Kier alpha value is -1.41. The molecule has 0 bridgehead atoms. The number of ether oxygens (including phenoxy) is 2. The lowest BCUT2D eigenvalue weighted by Crippen LogP contribution is -2.60. The van der Waals surface area contributed by atoms with Crippen molar-refractivity contribution >= 4 is 5.91 Å². The van der Waals surface area contributed by atoms with Crippen LogP contribution in [0, 0.1) is 0 Å². The lowest BCUT2D eigenvalue weighted by molar-refractivity contribution is -0.303. The van der Waals surface area contributed by atoms with E-state index in [9.17, 15) is 40.5 Å². The van der Waals surface area contributed by atoms with Crippen LogP contribution in [0.4, 0.5) is 0 Å². The molecule has 11 heteroatoms. The summed E-state index contributed by atoms with van der Waals surface area (Å²) in [5.41, 5.74) is 0. The molecule has 1 amide bonds. The molecule has 72 heavy (non-hydrogen) atoms. The van der Waals surface area contributed by atoms with Gasteiger partial charge in [-0.25, -0.2) is 0 Å². The first kappa shape index (κ1) is 68.6. The van der Waals surface area contributed by atoms with E-state index in [0.29, 0.717) is 19.3 Å². The van der Waals surface area contributed by atoms with E-state index in [4.69, 9.17) is 9.47 Å². The molecule has 9 atom stereocenters. The predicted molar refractivity (Wildman–Crippen MR) is 298 cm³/mol. The smallest absolute Gasteiger partial charge is 0.249 e. The van der Waals surface area contributed by atoms with Crippen molar-refractivity contribution in [2.24, 2.45) is 0 Å². The molecule has 0 radical (unpaired) electrons. The Morgan fingerprint density at radius 2 is 0.833 bits per heavy atom. The molecule has 9 unspecified atom stereocenters. The highest BCUT2D eigenvalue weighted by Gasteiger charge is 2.44. The monoisotopic (exact) mass is 1020 g/mol. The third-order valence-electron chi connectivity index (χ3n) is 15.0. The van der Waals surface area contributed by atoms with Crippen LogP contribution in [-0.2, 0) is 14.3 Å². The van der Waals surface area contributed by atoms with Crippen molar-refractivity contribution in [3.63, 3.8) is 0 Å². The predicted octanol–water partition coefficient (Wildman–Crippen LogP) is 13.3. The summed E-state index contributed by atoms with van der Waals surface area (Å²) in [5.74, 6) is -0.705. The van der Waals surface area contributed by atoms with Gasteiger partial charge in [0, 0.05) is 0 Å². The topological polar surface area (TPSA) is 189 Å². The van der Waals surface area contributed by atoms with Crippen LogP contribution < -0.4 is 5.32 Å². The number of hydrogen-bond donors (Lipinski definition) is 8. The van der Waals surface area contributed by atoms with Gasteiger partial charge in [-0.15, -0.1) is 0 Å². The summed E-state index contributed by atoms with van der Waals surface area (Å²) in [5, 5.41) is 76.1. The molecule has 0 aromatic heterocycles. The van der Waals surface area contributed by atoms with Crippen molar-refractivity contribution in [3.05, 3.63) is 24.3 Å². The molecule has 0 spiro atoms. The van der Waals surface area contributed by atoms with Gasteiger partial charge in [0.1, 0.15) is 36.6 Å². The fraction of sp³-hybridized carbons (Fsp3) is 0.918. The Morgan fingerprint density at radius 3 is 1.24 bits per heavy atom. The fourth-order valence-electron chi connectivity index (χ4n) is 9.99. The van der Waals surface area contributed by atoms with Crippen molar-refractivity contribution in [2.75, 3.05) is 13.2 Å². The second-order valence-electron chi connectivity index (χ2n) is 21.8. The number of carbonyl (C=O) groups is 1. The Morgan fingerprint density at radius 1 is 0.472 bits per heavy atom. The number of hydrogen-bond acceptors (Lipinski definition) is 10. The van der Waals surface area contributed by atoms with Crippen LogP contribution in [0.1, 0.15) is 290 Å². The summed E-state index contributed by atoms with van der Waals surface area (Å²) in [6, 6.07) is -1.19. The van der Waals surface area contributed by atoms with E-state index < -0.39 is 74.2 Å². The fourth-order valence-corrected chi connectivity index (χ4v) is 9.99. The number of aliphatic hydroxyl groups is 7. The summed E-state index contributed by atoms with van der Waals surface area (Å²) in [6.45, 7) is 3.46. The van der Waals surface area contributed by atoms with Gasteiger partial charge in [0.2, 0.25) is 5.91 Å². The SMILES string of the molecule is CCCCCCCCC/C=C/CC/C=C/CCCC(O)C(O)C(COC1OC(CO)C(O)C(O)C1O)NC(=O)C(O)CCCCCCCCCCCCCCCCCCCCCCCCCCCCCCC. The second kappa shape index (κ2) is 50.4. The maximum Gasteiger partial charge on any atom is 0.249 e. The lowest BCUT2D eigenvalue weighted by atomic mass is 9.98. The number of amides is 1. The molecular weight excluding hydrogens is 907 g/mol. The van der Waals surface area contributed by atoms with Gasteiger partial charge < -0.3 is 50.5 Å². The van der Waals surface area contributed by atoms with E-state index in [1.54, 1.807) is 0 Å².